The Morgan fingerprint density at radius 2 is 2.00 bits per heavy atom. The minimum Gasteiger partial charge on any atom is -0.444 e. The van der Waals surface area contributed by atoms with E-state index < -0.39 is 5.60 Å². The van der Waals surface area contributed by atoms with E-state index in [1.165, 1.54) is 5.56 Å². The lowest BCUT2D eigenvalue weighted by Crippen LogP contribution is -2.50. The van der Waals surface area contributed by atoms with Crippen LogP contribution in [0.1, 0.15) is 26.3 Å². The number of carbonyl (C=O) groups excluding carboxylic acids is 1. The number of likely N-dealkylation sites (tertiary alicyclic amines) is 1. The molecule has 1 aromatic carbocycles. The third-order valence-electron chi connectivity index (χ3n) is 4.30. The number of fused-ring (bicyclic) bond motifs is 1. The zero-order valence-corrected chi connectivity index (χ0v) is 14.2. The van der Waals surface area contributed by atoms with Crippen LogP contribution in [-0.4, -0.2) is 59.9 Å². The second-order valence-corrected chi connectivity index (χ2v) is 7.32. The molecule has 23 heavy (non-hydrogen) atoms. The minimum absolute atomic E-state index is 0.0833. The molecule has 0 N–H and O–H groups in total. The van der Waals surface area contributed by atoms with Gasteiger partial charge in [0.05, 0.1) is 25.3 Å². The number of carbonyl (C=O) groups is 1. The third kappa shape index (κ3) is 4.03. The highest BCUT2D eigenvalue weighted by Crippen LogP contribution is 2.25. The number of rotatable bonds is 2. The van der Waals surface area contributed by atoms with Crippen LogP contribution in [0.15, 0.2) is 30.3 Å². The summed E-state index contributed by atoms with van der Waals surface area (Å²) in [6, 6.07) is 10.7. The van der Waals surface area contributed by atoms with E-state index in [2.05, 4.69) is 29.2 Å². The Kier molecular flexibility index (Phi) is 4.60. The summed E-state index contributed by atoms with van der Waals surface area (Å²) in [6.07, 6.45) is -0.157. The zero-order valence-electron chi connectivity index (χ0n) is 14.2. The van der Waals surface area contributed by atoms with Gasteiger partial charge in [-0.15, -0.1) is 0 Å². The van der Waals surface area contributed by atoms with Gasteiger partial charge in [0.2, 0.25) is 0 Å². The van der Waals surface area contributed by atoms with Gasteiger partial charge in [0.15, 0.2) is 0 Å². The van der Waals surface area contributed by atoms with E-state index in [9.17, 15) is 4.79 Å². The zero-order chi connectivity index (χ0) is 16.4. The monoisotopic (exact) mass is 318 g/mol. The smallest absolute Gasteiger partial charge is 0.410 e. The second kappa shape index (κ2) is 6.49. The summed E-state index contributed by atoms with van der Waals surface area (Å²) in [6.45, 7) is 9.49. The van der Waals surface area contributed by atoms with E-state index in [4.69, 9.17) is 9.47 Å². The maximum absolute atomic E-state index is 12.3. The van der Waals surface area contributed by atoms with Crippen LogP contribution in [0.2, 0.25) is 0 Å². The fourth-order valence-corrected chi connectivity index (χ4v) is 3.25. The molecule has 0 aromatic heterocycles. The topological polar surface area (TPSA) is 42.0 Å². The third-order valence-corrected chi connectivity index (χ3v) is 4.30. The average molecular weight is 318 g/mol. The normalized spacial score (nSPS) is 25.3. The van der Waals surface area contributed by atoms with Gasteiger partial charge in [-0.25, -0.2) is 4.79 Å². The fourth-order valence-electron chi connectivity index (χ4n) is 3.25. The van der Waals surface area contributed by atoms with Gasteiger partial charge in [-0.3, -0.25) is 4.90 Å². The van der Waals surface area contributed by atoms with E-state index in [0.717, 1.165) is 19.7 Å². The molecule has 0 radical (unpaired) electrons. The van der Waals surface area contributed by atoms with E-state index in [1.54, 1.807) is 4.90 Å². The number of morpholine rings is 1. The summed E-state index contributed by atoms with van der Waals surface area (Å²) >= 11 is 0. The number of hydrogen-bond acceptors (Lipinski definition) is 4. The number of ether oxygens (including phenoxy) is 2. The van der Waals surface area contributed by atoms with Crippen LogP contribution in [0.25, 0.3) is 0 Å². The highest BCUT2D eigenvalue weighted by atomic mass is 16.6. The van der Waals surface area contributed by atoms with Crippen molar-refractivity contribution in [3.63, 3.8) is 0 Å². The van der Waals surface area contributed by atoms with Crippen molar-refractivity contribution in [2.24, 2.45) is 0 Å². The molecule has 0 bridgehead atoms. The maximum Gasteiger partial charge on any atom is 0.410 e. The van der Waals surface area contributed by atoms with Gasteiger partial charge in [0, 0.05) is 19.6 Å². The molecule has 0 aliphatic carbocycles. The molecule has 2 fully saturated rings. The van der Waals surface area contributed by atoms with Crippen molar-refractivity contribution in [1.29, 1.82) is 0 Å². The Morgan fingerprint density at radius 1 is 1.26 bits per heavy atom. The minimum atomic E-state index is -0.463. The summed E-state index contributed by atoms with van der Waals surface area (Å²) in [4.78, 5) is 16.5. The first-order valence-electron chi connectivity index (χ1n) is 8.30. The molecule has 0 unspecified atom stereocenters. The van der Waals surface area contributed by atoms with Crippen molar-refractivity contribution < 1.29 is 14.3 Å². The molecule has 1 aromatic rings. The summed E-state index contributed by atoms with van der Waals surface area (Å²) in [5.41, 5.74) is 0.832. The number of hydrogen-bond donors (Lipinski definition) is 0. The van der Waals surface area contributed by atoms with Crippen molar-refractivity contribution in [3.05, 3.63) is 35.9 Å². The van der Waals surface area contributed by atoms with Crippen molar-refractivity contribution in [1.82, 2.24) is 9.80 Å². The Bertz CT molecular complexity index is 541. The van der Waals surface area contributed by atoms with Gasteiger partial charge >= 0.3 is 6.09 Å². The standard InChI is InChI=1S/C18H26N2O3/c1-18(2,3)23-17(21)20-12-15-16(13-20)22-10-9-19(15)11-14-7-5-4-6-8-14/h4-8,15-16H,9-13H2,1-3H3/t15-,16-/m0/s1. The summed E-state index contributed by atoms with van der Waals surface area (Å²) in [5.74, 6) is 0. The quantitative estimate of drug-likeness (QED) is 0.840. The Labute approximate surface area is 138 Å². The fraction of sp³-hybridized carbons (Fsp3) is 0.611. The number of amides is 1. The lowest BCUT2D eigenvalue weighted by Gasteiger charge is -2.36. The van der Waals surface area contributed by atoms with E-state index in [0.29, 0.717) is 13.1 Å². The van der Waals surface area contributed by atoms with E-state index in [1.807, 2.05) is 26.8 Å². The molecule has 0 spiro atoms. The molecule has 3 rings (SSSR count). The average Bonchev–Trinajstić information content (AvgIpc) is 2.92. The van der Waals surface area contributed by atoms with Crippen LogP contribution in [-0.2, 0) is 16.0 Å². The molecule has 2 saturated heterocycles. The van der Waals surface area contributed by atoms with Crippen molar-refractivity contribution in [2.75, 3.05) is 26.2 Å². The van der Waals surface area contributed by atoms with Gasteiger partial charge in [-0.1, -0.05) is 30.3 Å². The number of nitrogens with zero attached hydrogens (tertiary/aromatic N) is 2. The maximum atomic E-state index is 12.3. The van der Waals surface area contributed by atoms with Crippen molar-refractivity contribution >= 4 is 6.09 Å². The summed E-state index contributed by atoms with van der Waals surface area (Å²) in [7, 11) is 0. The van der Waals surface area contributed by atoms with E-state index in [-0.39, 0.29) is 18.2 Å². The van der Waals surface area contributed by atoms with Crippen LogP contribution in [0.4, 0.5) is 4.79 Å². The van der Waals surface area contributed by atoms with Gasteiger partial charge in [-0.05, 0) is 26.3 Å². The molecule has 126 valence electrons. The summed E-state index contributed by atoms with van der Waals surface area (Å²) < 4.78 is 11.4. The molecular formula is C18H26N2O3. The first-order valence-corrected chi connectivity index (χ1v) is 8.30. The van der Waals surface area contributed by atoms with Gasteiger partial charge in [-0.2, -0.15) is 0 Å². The van der Waals surface area contributed by atoms with Crippen LogP contribution in [0.3, 0.4) is 0 Å². The van der Waals surface area contributed by atoms with Gasteiger partial charge in [0.25, 0.3) is 0 Å². The largest absolute Gasteiger partial charge is 0.444 e. The lowest BCUT2D eigenvalue weighted by atomic mass is 10.1. The first-order chi connectivity index (χ1) is 10.9. The molecule has 5 heteroatoms. The van der Waals surface area contributed by atoms with E-state index >= 15 is 0 Å². The van der Waals surface area contributed by atoms with Crippen LogP contribution >= 0.6 is 0 Å². The Balaban J connectivity index is 1.64. The Morgan fingerprint density at radius 3 is 2.70 bits per heavy atom. The lowest BCUT2D eigenvalue weighted by molar-refractivity contribution is -0.0505. The second-order valence-electron chi connectivity index (χ2n) is 7.32. The predicted molar refractivity (Wildman–Crippen MR) is 88.2 cm³/mol. The van der Waals surface area contributed by atoms with Crippen LogP contribution in [0, 0.1) is 0 Å². The molecular weight excluding hydrogens is 292 g/mol. The highest BCUT2D eigenvalue weighted by molar-refractivity contribution is 5.68. The van der Waals surface area contributed by atoms with Crippen LogP contribution in [0.5, 0.6) is 0 Å². The molecule has 2 aliphatic rings. The van der Waals surface area contributed by atoms with Gasteiger partial charge < -0.3 is 14.4 Å². The van der Waals surface area contributed by atoms with Gasteiger partial charge in [0.1, 0.15) is 5.60 Å². The molecule has 1 amide bonds. The number of benzene rings is 1. The predicted octanol–water partition coefficient (Wildman–Crippen LogP) is 2.51. The molecule has 0 saturated carbocycles. The molecule has 5 nitrogen and oxygen atoms in total. The van der Waals surface area contributed by atoms with Crippen molar-refractivity contribution in [2.45, 2.75) is 45.1 Å². The van der Waals surface area contributed by atoms with Crippen molar-refractivity contribution in [3.8, 4) is 0 Å². The molecule has 2 atom stereocenters. The molecule has 2 heterocycles. The highest BCUT2D eigenvalue weighted by Gasteiger charge is 2.42. The molecule has 2 aliphatic heterocycles. The summed E-state index contributed by atoms with van der Waals surface area (Å²) in [5, 5.41) is 0. The van der Waals surface area contributed by atoms with Crippen LogP contribution < -0.4 is 0 Å². The SMILES string of the molecule is CC(C)(C)OC(=O)N1C[C@@H]2OCCN(Cc3ccccc3)[C@H]2C1. The Hall–Kier alpha value is -1.59. The first kappa shape index (κ1) is 16.3.